The monoisotopic (exact) mass is 1020 g/mol. The number of aliphatic hydroxyl groups excluding tert-OH is 1. The molecule has 0 atom stereocenters. The Kier molecular flexibility index (Phi) is 16.8. The third kappa shape index (κ3) is 13.5. The molecule has 6 rings (SSSR count). The fraction of sp³-hybridized carbons (Fsp3) is 0.377. The standard InChI is InChI=1S/2C20H22NSi.C13H24O2.Ir/c2*1-14-10-15(2)12-17(11-14)20-19-7-6-18(22(3,4)5)13-16(19)8-9-21-20;1-5-10(6-2)12(14)9-13(15)11(7-3)8-4;/h2*6-11,13H,1-5H3;9-11,14H,5-8H2,1-4H3;/q2*-1;;/b;;12-9-;/i8D,9D;9D;;. The molecule has 0 bridgehead atoms. The summed E-state index contributed by atoms with van der Waals surface area (Å²) in [5.41, 5.74) is 7.98. The number of hydrogen-bond acceptors (Lipinski definition) is 4. The molecule has 4 aromatic carbocycles. The maximum absolute atomic E-state index is 11.7. The maximum Gasteiger partial charge on any atom is 0.162 e. The van der Waals surface area contributed by atoms with E-state index in [1.807, 2.05) is 53.7 Å². The zero-order valence-corrected chi connectivity index (χ0v) is 42.9. The molecule has 0 aliphatic rings. The molecule has 0 spiro atoms. The molecule has 0 unspecified atom stereocenters. The summed E-state index contributed by atoms with van der Waals surface area (Å²) in [6.07, 6.45) is 5.24. The first kappa shape index (κ1) is 45.5. The minimum atomic E-state index is -1.48. The van der Waals surface area contributed by atoms with E-state index in [0.717, 1.165) is 86.4 Å². The fourth-order valence-corrected chi connectivity index (χ4v) is 9.68. The molecular formula is C53H68IrN2O2Si2-2. The summed E-state index contributed by atoms with van der Waals surface area (Å²) < 4.78 is 24.5. The van der Waals surface area contributed by atoms with Gasteiger partial charge in [0.05, 0.1) is 26.0 Å². The van der Waals surface area contributed by atoms with Crippen LogP contribution in [0.5, 0.6) is 0 Å². The number of benzene rings is 4. The van der Waals surface area contributed by atoms with Crippen molar-refractivity contribution in [1.82, 2.24) is 9.97 Å². The van der Waals surface area contributed by atoms with Crippen molar-refractivity contribution in [3.8, 4) is 22.5 Å². The van der Waals surface area contributed by atoms with Gasteiger partial charge in [-0.15, -0.1) is 69.8 Å². The van der Waals surface area contributed by atoms with Crippen molar-refractivity contribution in [2.45, 2.75) is 120 Å². The molecule has 7 heteroatoms. The molecule has 2 aromatic heterocycles. The van der Waals surface area contributed by atoms with Gasteiger partial charge in [-0.3, -0.25) is 4.79 Å². The van der Waals surface area contributed by atoms with Crippen LogP contribution in [0.4, 0.5) is 0 Å². The molecule has 4 nitrogen and oxygen atoms in total. The number of fused-ring (bicyclic) bond motifs is 2. The quantitative estimate of drug-likeness (QED) is 0.0608. The van der Waals surface area contributed by atoms with Crippen LogP contribution in [0, 0.1) is 51.7 Å². The number of carbonyl (C=O) groups is 1. The predicted molar refractivity (Wildman–Crippen MR) is 261 cm³/mol. The van der Waals surface area contributed by atoms with Crippen LogP contribution in [-0.2, 0) is 24.9 Å². The second-order valence-corrected chi connectivity index (χ2v) is 28.2. The van der Waals surface area contributed by atoms with Crippen LogP contribution in [0.25, 0.3) is 44.1 Å². The molecular weight excluding hydrogens is 945 g/mol. The van der Waals surface area contributed by atoms with E-state index in [4.69, 9.17) is 4.11 Å². The van der Waals surface area contributed by atoms with Crippen LogP contribution in [0.15, 0.2) is 97.0 Å². The van der Waals surface area contributed by atoms with E-state index in [1.165, 1.54) is 22.0 Å². The first-order valence-corrected chi connectivity index (χ1v) is 28.3. The van der Waals surface area contributed by atoms with Crippen molar-refractivity contribution in [3.05, 3.63) is 131 Å². The van der Waals surface area contributed by atoms with Crippen molar-refractivity contribution < 1.29 is 34.1 Å². The molecule has 1 N–H and O–H groups in total. The smallest absolute Gasteiger partial charge is 0.162 e. The molecule has 0 fully saturated rings. The molecule has 2 heterocycles. The molecule has 0 amide bonds. The Labute approximate surface area is 382 Å². The maximum atomic E-state index is 11.7. The van der Waals surface area contributed by atoms with E-state index in [0.29, 0.717) is 6.17 Å². The second kappa shape index (κ2) is 22.2. The number of hydrogen-bond donors (Lipinski definition) is 1. The first-order chi connectivity index (χ1) is 29.0. The van der Waals surface area contributed by atoms with Gasteiger partial charge in [-0.25, -0.2) is 0 Å². The topological polar surface area (TPSA) is 63.1 Å². The second-order valence-electron chi connectivity index (χ2n) is 18.0. The number of pyridine rings is 2. The summed E-state index contributed by atoms with van der Waals surface area (Å²) in [6.45, 7) is 30.2. The molecule has 321 valence electrons. The molecule has 0 saturated carbocycles. The van der Waals surface area contributed by atoms with Crippen molar-refractivity contribution >= 4 is 53.8 Å². The van der Waals surface area contributed by atoms with Crippen LogP contribution in [-0.4, -0.2) is 37.0 Å². The molecule has 6 aromatic rings. The summed E-state index contributed by atoms with van der Waals surface area (Å²) in [6, 6.07) is 30.1. The SMILES string of the molecule is CCC(CC)C(=O)/C=C(\O)C(CC)CC.[2H]c1cc2cc([Si](C)(C)C)ccc2c(-c2[c-]c(C)cc(C)c2)n1.[2H]c1nc(-c2[c-]c(C)cc(C)c2)c2ccc([Si](C)(C)C)cc2c1[2H].[Ir]. The number of aromatic nitrogens is 2. The van der Waals surface area contributed by atoms with Gasteiger partial charge in [0, 0.05) is 50.4 Å². The Hall–Kier alpha value is -4.01. The Morgan fingerprint density at radius 3 is 1.52 bits per heavy atom. The van der Waals surface area contributed by atoms with Crippen LogP contribution < -0.4 is 10.4 Å². The number of carbonyl (C=O) groups excluding carboxylic acids is 1. The first-order valence-electron chi connectivity index (χ1n) is 22.8. The van der Waals surface area contributed by atoms with E-state index >= 15 is 0 Å². The van der Waals surface area contributed by atoms with Crippen molar-refractivity contribution in [2.75, 3.05) is 0 Å². The van der Waals surface area contributed by atoms with Gasteiger partial charge in [-0.05, 0) is 70.7 Å². The minimum absolute atomic E-state index is 0. The van der Waals surface area contributed by atoms with E-state index in [9.17, 15) is 9.90 Å². The van der Waals surface area contributed by atoms with Crippen LogP contribution in [0.3, 0.4) is 0 Å². The van der Waals surface area contributed by atoms with Gasteiger partial charge in [0.15, 0.2) is 5.78 Å². The van der Waals surface area contributed by atoms with Gasteiger partial charge in [-0.1, -0.05) is 141 Å². The normalized spacial score (nSPS) is 12.5. The minimum Gasteiger partial charge on any atom is -0.512 e. The largest absolute Gasteiger partial charge is 0.512 e. The Bertz CT molecular complexity index is 2530. The van der Waals surface area contributed by atoms with Gasteiger partial charge in [0.1, 0.15) is 0 Å². The number of rotatable bonds is 11. The summed E-state index contributed by atoms with van der Waals surface area (Å²) in [5, 5.41) is 16.4. The van der Waals surface area contributed by atoms with E-state index in [1.54, 1.807) is 0 Å². The predicted octanol–water partition coefficient (Wildman–Crippen LogP) is 13.6. The number of ketones is 1. The van der Waals surface area contributed by atoms with Crippen molar-refractivity contribution in [3.63, 3.8) is 0 Å². The van der Waals surface area contributed by atoms with Gasteiger partial charge in [0.2, 0.25) is 0 Å². The summed E-state index contributed by atoms with van der Waals surface area (Å²) in [4.78, 5) is 20.6. The van der Waals surface area contributed by atoms with Crippen LogP contribution in [0.1, 0.15) is 79.7 Å². The molecule has 60 heavy (non-hydrogen) atoms. The average molecular weight is 1020 g/mol. The Morgan fingerprint density at radius 2 is 1.08 bits per heavy atom. The van der Waals surface area contributed by atoms with Crippen molar-refractivity contribution in [2.24, 2.45) is 11.8 Å². The van der Waals surface area contributed by atoms with Crippen LogP contribution in [0.2, 0.25) is 39.3 Å². The third-order valence-corrected chi connectivity index (χ3v) is 15.0. The van der Waals surface area contributed by atoms with Gasteiger partial charge in [-0.2, -0.15) is 0 Å². The molecule has 0 aliphatic carbocycles. The van der Waals surface area contributed by atoms with Gasteiger partial charge in [0.25, 0.3) is 0 Å². The van der Waals surface area contributed by atoms with Crippen molar-refractivity contribution in [1.29, 1.82) is 0 Å². The third-order valence-electron chi connectivity index (χ3n) is 11.0. The zero-order chi connectivity index (χ0) is 46.3. The average Bonchev–Trinajstić information content (AvgIpc) is 3.18. The number of aliphatic hydroxyl groups is 1. The van der Waals surface area contributed by atoms with E-state index < -0.39 is 16.1 Å². The summed E-state index contributed by atoms with van der Waals surface area (Å²) >= 11 is 0. The van der Waals surface area contributed by atoms with Crippen LogP contribution >= 0.6 is 0 Å². The van der Waals surface area contributed by atoms with E-state index in [2.05, 4.69) is 130 Å². The Balaban J connectivity index is 0.000000257. The Morgan fingerprint density at radius 1 is 0.650 bits per heavy atom. The molecule has 0 saturated heterocycles. The van der Waals surface area contributed by atoms with Gasteiger partial charge >= 0.3 is 0 Å². The fourth-order valence-electron chi connectivity index (χ4n) is 7.35. The number of aryl methyl sites for hydroxylation is 4. The summed E-state index contributed by atoms with van der Waals surface area (Å²) in [5.74, 6) is 0.547. The molecule has 1 radical (unpaired) electrons. The van der Waals surface area contributed by atoms with E-state index in [-0.39, 0.29) is 55.7 Å². The molecule has 0 aliphatic heterocycles. The summed E-state index contributed by atoms with van der Waals surface area (Å²) in [7, 11) is -2.85. The van der Waals surface area contributed by atoms with Gasteiger partial charge < -0.3 is 15.1 Å². The zero-order valence-electron chi connectivity index (χ0n) is 41.5. The number of nitrogens with zero attached hydrogens (tertiary/aromatic N) is 2. The number of allylic oxidation sites excluding steroid dienone is 2.